The number of benzene rings is 2. The van der Waals surface area contributed by atoms with Crippen LogP contribution in [0.1, 0.15) is 5.56 Å². The van der Waals surface area contributed by atoms with Gasteiger partial charge in [0.15, 0.2) is 0 Å². The van der Waals surface area contributed by atoms with E-state index in [9.17, 15) is 0 Å². The molecule has 4 rings (SSSR count). The summed E-state index contributed by atoms with van der Waals surface area (Å²) in [4.78, 5) is 6.77. The molecule has 2 aromatic carbocycles. The lowest BCUT2D eigenvalue weighted by Crippen LogP contribution is -2.43. The Morgan fingerprint density at radius 3 is 2.20 bits per heavy atom. The maximum Gasteiger partial charge on any atom is 0.144 e. The van der Waals surface area contributed by atoms with Crippen molar-refractivity contribution in [1.82, 2.24) is 10.3 Å². The molecule has 35 heavy (non-hydrogen) atoms. The molecule has 0 atom stereocenters. The predicted molar refractivity (Wildman–Crippen MR) is 139 cm³/mol. The summed E-state index contributed by atoms with van der Waals surface area (Å²) < 4.78 is 22.1. The first-order valence-corrected chi connectivity index (χ1v) is 11.9. The van der Waals surface area contributed by atoms with Crippen LogP contribution in [0.15, 0.2) is 42.6 Å². The van der Waals surface area contributed by atoms with Crippen molar-refractivity contribution in [1.29, 1.82) is 0 Å². The van der Waals surface area contributed by atoms with Crippen LogP contribution in [0.4, 0.5) is 17.2 Å². The van der Waals surface area contributed by atoms with Crippen LogP contribution in [-0.2, 0) is 6.61 Å². The number of hydrogen-bond donors (Lipinski definition) is 2. The number of nitrogens with zero attached hydrogens (tertiary/aromatic N) is 2. The lowest BCUT2D eigenvalue weighted by molar-refractivity contribution is 0.303. The molecule has 2 heterocycles. The first-order valence-electron chi connectivity index (χ1n) is 11.1. The van der Waals surface area contributed by atoms with Crippen LogP contribution in [0.5, 0.6) is 23.0 Å². The van der Waals surface area contributed by atoms with E-state index in [2.05, 4.69) is 26.6 Å². The standard InChI is InChI=1S/C25H28Cl2N4O4/c1-32-20-12-16(4-6-19(20)31-10-8-28-9-11-31)30-23-7-5-17(14-29-23)35-15-18-24(26)21(33-2)13-22(34-3)25(18)27/h4-7,12-14,28H,8-11,15H2,1-3H3,(H,29,30). The Labute approximate surface area is 215 Å². The summed E-state index contributed by atoms with van der Waals surface area (Å²) in [5.74, 6) is 2.98. The molecule has 0 saturated carbocycles. The topological polar surface area (TPSA) is 77.1 Å². The van der Waals surface area contributed by atoms with Gasteiger partial charge in [-0.1, -0.05) is 23.2 Å². The number of piperazine rings is 1. The van der Waals surface area contributed by atoms with Crippen LogP contribution in [0.2, 0.25) is 10.0 Å². The largest absolute Gasteiger partial charge is 0.495 e. The minimum atomic E-state index is 0.129. The van der Waals surface area contributed by atoms with Gasteiger partial charge in [0.1, 0.15) is 35.4 Å². The Morgan fingerprint density at radius 1 is 0.914 bits per heavy atom. The Morgan fingerprint density at radius 2 is 1.60 bits per heavy atom. The van der Waals surface area contributed by atoms with Crippen molar-refractivity contribution < 1.29 is 18.9 Å². The van der Waals surface area contributed by atoms with Crippen molar-refractivity contribution in [2.24, 2.45) is 0 Å². The van der Waals surface area contributed by atoms with E-state index < -0.39 is 0 Å². The Bertz CT molecular complexity index is 1130. The molecule has 0 amide bonds. The molecule has 10 heteroatoms. The highest BCUT2D eigenvalue weighted by Gasteiger charge is 2.18. The molecule has 1 aliphatic heterocycles. The van der Waals surface area contributed by atoms with E-state index in [0.29, 0.717) is 38.7 Å². The second kappa shape index (κ2) is 11.6. The fraction of sp³-hybridized carbons (Fsp3) is 0.320. The molecule has 8 nitrogen and oxygen atoms in total. The number of pyridine rings is 1. The van der Waals surface area contributed by atoms with E-state index in [1.807, 2.05) is 24.3 Å². The maximum atomic E-state index is 6.42. The van der Waals surface area contributed by atoms with Gasteiger partial charge in [0.2, 0.25) is 0 Å². The van der Waals surface area contributed by atoms with Gasteiger partial charge in [-0.2, -0.15) is 0 Å². The van der Waals surface area contributed by atoms with Crippen LogP contribution < -0.4 is 34.5 Å². The summed E-state index contributed by atoms with van der Waals surface area (Å²) in [6, 6.07) is 11.4. The Kier molecular flexibility index (Phi) is 8.28. The minimum absolute atomic E-state index is 0.129. The van der Waals surface area contributed by atoms with E-state index in [-0.39, 0.29) is 6.61 Å². The summed E-state index contributed by atoms with van der Waals surface area (Å²) in [5, 5.41) is 7.43. The first-order chi connectivity index (χ1) is 17.0. The molecule has 1 aliphatic rings. The van der Waals surface area contributed by atoms with Crippen molar-refractivity contribution in [2.45, 2.75) is 6.61 Å². The third kappa shape index (κ3) is 5.78. The predicted octanol–water partition coefficient (Wildman–Crippen LogP) is 5.15. The summed E-state index contributed by atoms with van der Waals surface area (Å²) in [7, 11) is 4.75. The first kappa shape index (κ1) is 25.0. The molecule has 1 fully saturated rings. The number of ether oxygens (including phenoxy) is 4. The molecule has 1 saturated heterocycles. The average molecular weight is 519 g/mol. The highest BCUT2D eigenvalue weighted by molar-refractivity contribution is 6.37. The summed E-state index contributed by atoms with van der Waals surface area (Å²) in [6.45, 7) is 3.96. The van der Waals surface area contributed by atoms with Crippen molar-refractivity contribution in [3.8, 4) is 23.0 Å². The molecule has 0 bridgehead atoms. The van der Waals surface area contributed by atoms with Gasteiger partial charge in [0.25, 0.3) is 0 Å². The third-order valence-corrected chi connectivity index (χ3v) is 6.52. The van der Waals surface area contributed by atoms with Gasteiger partial charge < -0.3 is 34.5 Å². The quantitative estimate of drug-likeness (QED) is 0.402. The number of anilines is 3. The molecule has 0 radical (unpaired) electrons. The summed E-state index contributed by atoms with van der Waals surface area (Å²) in [5.41, 5.74) is 2.54. The molecule has 0 aliphatic carbocycles. The molecule has 3 aromatic rings. The maximum absolute atomic E-state index is 6.42. The fourth-order valence-electron chi connectivity index (χ4n) is 3.83. The van der Waals surface area contributed by atoms with Crippen LogP contribution in [0, 0.1) is 0 Å². The van der Waals surface area contributed by atoms with Crippen molar-refractivity contribution >= 4 is 40.4 Å². The van der Waals surface area contributed by atoms with E-state index in [0.717, 1.165) is 43.3 Å². The van der Waals surface area contributed by atoms with E-state index >= 15 is 0 Å². The second-order valence-corrected chi connectivity index (χ2v) is 8.56. The molecular formula is C25H28Cl2N4O4. The zero-order chi connectivity index (χ0) is 24.8. The zero-order valence-corrected chi connectivity index (χ0v) is 21.4. The van der Waals surface area contributed by atoms with E-state index in [1.54, 1.807) is 19.4 Å². The second-order valence-electron chi connectivity index (χ2n) is 7.80. The highest BCUT2D eigenvalue weighted by atomic mass is 35.5. The van der Waals surface area contributed by atoms with Crippen LogP contribution in [0.25, 0.3) is 0 Å². The Balaban J connectivity index is 1.43. The van der Waals surface area contributed by atoms with Gasteiger partial charge in [0, 0.05) is 49.6 Å². The smallest absolute Gasteiger partial charge is 0.144 e. The molecule has 0 unspecified atom stereocenters. The van der Waals surface area contributed by atoms with Crippen molar-refractivity contribution in [3.05, 3.63) is 58.2 Å². The van der Waals surface area contributed by atoms with E-state index in [1.165, 1.54) is 14.2 Å². The molecule has 1 aromatic heterocycles. The van der Waals surface area contributed by atoms with Gasteiger partial charge in [-0.15, -0.1) is 0 Å². The lowest BCUT2D eigenvalue weighted by atomic mass is 10.2. The van der Waals surface area contributed by atoms with Gasteiger partial charge in [-0.3, -0.25) is 0 Å². The molecular weight excluding hydrogens is 491 g/mol. The highest BCUT2D eigenvalue weighted by Crippen LogP contribution is 2.41. The number of rotatable bonds is 9. The van der Waals surface area contributed by atoms with E-state index in [4.69, 9.17) is 42.1 Å². The monoisotopic (exact) mass is 518 g/mol. The van der Waals surface area contributed by atoms with Gasteiger partial charge in [0.05, 0.1) is 43.3 Å². The summed E-state index contributed by atoms with van der Waals surface area (Å²) in [6.07, 6.45) is 1.63. The van der Waals surface area contributed by atoms with Gasteiger partial charge in [-0.25, -0.2) is 4.98 Å². The Hall–Kier alpha value is -3.07. The number of methoxy groups -OCH3 is 3. The van der Waals surface area contributed by atoms with Gasteiger partial charge in [-0.05, 0) is 24.3 Å². The molecule has 2 N–H and O–H groups in total. The van der Waals surface area contributed by atoms with Gasteiger partial charge >= 0.3 is 0 Å². The number of nitrogens with one attached hydrogen (secondary N) is 2. The van der Waals surface area contributed by atoms with Crippen molar-refractivity contribution in [3.63, 3.8) is 0 Å². The SMILES string of the molecule is COc1cc(Nc2ccc(OCc3c(Cl)c(OC)cc(OC)c3Cl)cn2)ccc1N1CCNCC1. The molecule has 0 spiro atoms. The van der Waals surface area contributed by atoms with Crippen LogP contribution in [-0.4, -0.2) is 52.5 Å². The zero-order valence-electron chi connectivity index (χ0n) is 19.9. The normalized spacial score (nSPS) is 13.3. The average Bonchev–Trinajstić information content (AvgIpc) is 2.90. The fourth-order valence-corrected chi connectivity index (χ4v) is 4.44. The van der Waals surface area contributed by atoms with Crippen LogP contribution in [0.3, 0.4) is 0 Å². The minimum Gasteiger partial charge on any atom is -0.495 e. The number of halogens is 2. The third-order valence-electron chi connectivity index (χ3n) is 5.69. The lowest BCUT2D eigenvalue weighted by Gasteiger charge is -2.30. The summed E-state index contributed by atoms with van der Waals surface area (Å²) >= 11 is 12.8. The van der Waals surface area contributed by atoms with Crippen molar-refractivity contribution in [2.75, 3.05) is 57.7 Å². The molecule has 186 valence electrons. The number of hydrogen-bond acceptors (Lipinski definition) is 8. The van der Waals surface area contributed by atoms with Crippen LogP contribution >= 0.6 is 23.2 Å². The number of aromatic nitrogens is 1.